The molecule has 1 aliphatic heterocycles. The van der Waals surface area contributed by atoms with Gasteiger partial charge in [-0.2, -0.15) is 0 Å². The number of rotatable bonds is 7. The number of ether oxygens (including phenoxy) is 1. The quantitative estimate of drug-likeness (QED) is 0.827. The lowest BCUT2D eigenvalue weighted by Gasteiger charge is -2.36. The summed E-state index contributed by atoms with van der Waals surface area (Å²) in [4.78, 5) is 16.8. The van der Waals surface area contributed by atoms with E-state index in [-0.39, 0.29) is 5.91 Å². The third-order valence-corrected chi connectivity index (χ3v) is 4.55. The maximum atomic E-state index is 12.0. The van der Waals surface area contributed by atoms with Gasteiger partial charge in [0.25, 0.3) is 0 Å². The molecule has 1 aliphatic rings. The first-order valence-electron chi connectivity index (χ1n) is 8.84. The van der Waals surface area contributed by atoms with Gasteiger partial charge < -0.3 is 15.0 Å². The smallest absolute Gasteiger partial charge is 0.223 e. The molecule has 24 heavy (non-hydrogen) atoms. The zero-order chi connectivity index (χ0) is 17.5. The van der Waals surface area contributed by atoms with Gasteiger partial charge in [-0.3, -0.25) is 9.69 Å². The molecule has 0 saturated carbocycles. The second-order valence-electron chi connectivity index (χ2n) is 6.91. The predicted octanol–water partition coefficient (Wildman–Crippen LogP) is 1.82. The molecule has 1 aromatic rings. The molecule has 0 radical (unpaired) electrons. The standard InChI is InChI=1S/C19H31N3O2/c1-15-11-16(2)13-18(12-15)24-10-5-19(23)20-14-17(3)22-8-6-21(4)7-9-22/h11-13,17H,5-10,14H2,1-4H3,(H,20,23)/t17-/m0/s1. The average molecular weight is 333 g/mol. The minimum absolute atomic E-state index is 0.0559. The maximum Gasteiger partial charge on any atom is 0.223 e. The lowest BCUT2D eigenvalue weighted by atomic mass is 10.1. The molecule has 1 N–H and O–H groups in total. The van der Waals surface area contributed by atoms with Crippen LogP contribution in [0.2, 0.25) is 0 Å². The van der Waals surface area contributed by atoms with Crippen LogP contribution in [0.5, 0.6) is 5.75 Å². The summed E-state index contributed by atoms with van der Waals surface area (Å²) in [6.45, 7) is 11.7. The zero-order valence-corrected chi connectivity index (χ0v) is 15.5. The molecule has 1 heterocycles. The predicted molar refractivity (Wildman–Crippen MR) is 97.6 cm³/mol. The van der Waals surface area contributed by atoms with E-state index in [0.717, 1.165) is 31.9 Å². The van der Waals surface area contributed by atoms with Gasteiger partial charge in [0.05, 0.1) is 13.0 Å². The molecule has 1 saturated heterocycles. The molecule has 0 aromatic heterocycles. The van der Waals surface area contributed by atoms with Crippen LogP contribution in [0.15, 0.2) is 18.2 Å². The summed E-state index contributed by atoms with van der Waals surface area (Å²) in [5, 5.41) is 3.03. The number of hydrogen-bond acceptors (Lipinski definition) is 4. The first kappa shape index (κ1) is 18.7. The van der Waals surface area contributed by atoms with E-state index in [9.17, 15) is 4.79 Å². The summed E-state index contributed by atoms with van der Waals surface area (Å²) in [7, 11) is 2.15. The number of likely N-dealkylation sites (N-methyl/N-ethyl adjacent to an activating group) is 1. The van der Waals surface area contributed by atoms with Gasteiger partial charge in [0, 0.05) is 38.8 Å². The van der Waals surface area contributed by atoms with Crippen molar-refractivity contribution in [3.63, 3.8) is 0 Å². The van der Waals surface area contributed by atoms with Crippen LogP contribution in [0.1, 0.15) is 24.5 Å². The Morgan fingerprint density at radius 1 is 1.17 bits per heavy atom. The fraction of sp³-hybridized carbons (Fsp3) is 0.632. The zero-order valence-electron chi connectivity index (χ0n) is 15.5. The third-order valence-electron chi connectivity index (χ3n) is 4.55. The first-order chi connectivity index (χ1) is 11.4. The van der Waals surface area contributed by atoms with Crippen LogP contribution >= 0.6 is 0 Å². The minimum Gasteiger partial charge on any atom is -0.493 e. The van der Waals surface area contributed by atoms with E-state index in [1.54, 1.807) is 0 Å². The van der Waals surface area contributed by atoms with E-state index < -0.39 is 0 Å². The van der Waals surface area contributed by atoms with Gasteiger partial charge in [0.2, 0.25) is 5.91 Å². The topological polar surface area (TPSA) is 44.8 Å². The second kappa shape index (κ2) is 9.04. The van der Waals surface area contributed by atoms with E-state index in [1.807, 2.05) is 26.0 Å². The van der Waals surface area contributed by atoms with E-state index in [4.69, 9.17) is 4.74 Å². The van der Waals surface area contributed by atoms with Crippen LogP contribution in [-0.2, 0) is 4.79 Å². The normalized spacial score (nSPS) is 17.5. The lowest BCUT2D eigenvalue weighted by Crippen LogP contribution is -2.51. The summed E-state index contributed by atoms with van der Waals surface area (Å²) in [6.07, 6.45) is 0.391. The number of carbonyl (C=O) groups is 1. The van der Waals surface area contributed by atoms with Crippen molar-refractivity contribution in [2.45, 2.75) is 33.2 Å². The lowest BCUT2D eigenvalue weighted by molar-refractivity contribution is -0.121. The number of piperazine rings is 1. The van der Waals surface area contributed by atoms with Crippen molar-refractivity contribution in [2.24, 2.45) is 0 Å². The van der Waals surface area contributed by atoms with Crippen LogP contribution in [-0.4, -0.2) is 68.1 Å². The maximum absolute atomic E-state index is 12.0. The van der Waals surface area contributed by atoms with Gasteiger partial charge in [-0.05, 0) is 51.1 Å². The third kappa shape index (κ3) is 6.13. The van der Waals surface area contributed by atoms with E-state index in [0.29, 0.717) is 25.6 Å². The molecule has 1 fully saturated rings. The summed E-state index contributed by atoms with van der Waals surface area (Å²) >= 11 is 0. The molecule has 0 unspecified atom stereocenters. The van der Waals surface area contributed by atoms with E-state index in [1.165, 1.54) is 11.1 Å². The van der Waals surface area contributed by atoms with Gasteiger partial charge in [-0.15, -0.1) is 0 Å². The molecule has 2 rings (SSSR count). The van der Waals surface area contributed by atoms with Crippen molar-refractivity contribution in [1.29, 1.82) is 0 Å². The average Bonchev–Trinajstić information content (AvgIpc) is 2.52. The van der Waals surface area contributed by atoms with Crippen LogP contribution in [0.25, 0.3) is 0 Å². The molecular formula is C19H31N3O2. The van der Waals surface area contributed by atoms with Crippen molar-refractivity contribution in [1.82, 2.24) is 15.1 Å². The number of nitrogens with zero attached hydrogens (tertiary/aromatic N) is 2. The van der Waals surface area contributed by atoms with Crippen LogP contribution in [0.4, 0.5) is 0 Å². The van der Waals surface area contributed by atoms with Crippen molar-refractivity contribution in [2.75, 3.05) is 46.4 Å². The highest BCUT2D eigenvalue weighted by molar-refractivity contribution is 5.76. The van der Waals surface area contributed by atoms with Crippen molar-refractivity contribution in [3.05, 3.63) is 29.3 Å². The minimum atomic E-state index is 0.0559. The number of amides is 1. The molecule has 0 bridgehead atoms. The Bertz CT molecular complexity index is 519. The Balaban J connectivity index is 1.64. The van der Waals surface area contributed by atoms with Crippen molar-refractivity contribution < 1.29 is 9.53 Å². The highest BCUT2D eigenvalue weighted by atomic mass is 16.5. The van der Waals surface area contributed by atoms with Crippen LogP contribution in [0, 0.1) is 13.8 Å². The number of aryl methyl sites for hydroxylation is 2. The number of carbonyl (C=O) groups excluding carboxylic acids is 1. The molecule has 5 nitrogen and oxygen atoms in total. The van der Waals surface area contributed by atoms with Gasteiger partial charge in [-0.1, -0.05) is 6.07 Å². The number of benzene rings is 1. The fourth-order valence-electron chi connectivity index (χ4n) is 3.02. The summed E-state index contributed by atoms with van der Waals surface area (Å²) < 4.78 is 5.70. The molecule has 1 amide bonds. The molecule has 1 aromatic carbocycles. The fourth-order valence-corrected chi connectivity index (χ4v) is 3.02. The summed E-state index contributed by atoms with van der Waals surface area (Å²) in [5.41, 5.74) is 2.35. The number of hydrogen-bond donors (Lipinski definition) is 1. The largest absolute Gasteiger partial charge is 0.493 e. The highest BCUT2D eigenvalue weighted by Crippen LogP contribution is 2.16. The summed E-state index contributed by atoms with van der Waals surface area (Å²) in [6, 6.07) is 6.49. The molecule has 0 spiro atoms. The molecule has 5 heteroatoms. The van der Waals surface area contributed by atoms with Gasteiger partial charge in [-0.25, -0.2) is 0 Å². The van der Waals surface area contributed by atoms with E-state index >= 15 is 0 Å². The monoisotopic (exact) mass is 333 g/mol. The highest BCUT2D eigenvalue weighted by Gasteiger charge is 2.19. The van der Waals surface area contributed by atoms with Gasteiger partial charge in [0.1, 0.15) is 5.75 Å². The summed E-state index contributed by atoms with van der Waals surface area (Å²) in [5.74, 6) is 0.895. The molecular weight excluding hydrogens is 302 g/mol. The molecule has 1 atom stereocenters. The Kier molecular flexibility index (Phi) is 7.06. The first-order valence-corrected chi connectivity index (χ1v) is 8.84. The molecule has 134 valence electrons. The van der Waals surface area contributed by atoms with Gasteiger partial charge >= 0.3 is 0 Å². The second-order valence-corrected chi connectivity index (χ2v) is 6.91. The van der Waals surface area contributed by atoms with Gasteiger partial charge in [0.15, 0.2) is 0 Å². The van der Waals surface area contributed by atoms with Crippen LogP contribution in [0.3, 0.4) is 0 Å². The molecule has 0 aliphatic carbocycles. The SMILES string of the molecule is Cc1cc(C)cc(OCCC(=O)NC[C@H](C)N2CCN(C)CC2)c1. The number of nitrogens with one attached hydrogen (secondary N) is 1. The Morgan fingerprint density at radius 2 is 1.79 bits per heavy atom. The van der Waals surface area contributed by atoms with Crippen LogP contribution < -0.4 is 10.1 Å². The van der Waals surface area contributed by atoms with Crippen molar-refractivity contribution >= 4 is 5.91 Å². The Morgan fingerprint density at radius 3 is 2.42 bits per heavy atom. The van der Waals surface area contributed by atoms with E-state index in [2.05, 4.69) is 35.2 Å². The Hall–Kier alpha value is -1.59. The Labute approximate surface area is 146 Å². The van der Waals surface area contributed by atoms with Crippen molar-refractivity contribution in [3.8, 4) is 5.75 Å².